The van der Waals surface area contributed by atoms with Crippen LogP contribution in [0, 0.1) is 5.92 Å². The van der Waals surface area contributed by atoms with Gasteiger partial charge in [-0.2, -0.15) is 0 Å². The molecule has 0 rings (SSSR count). The average Bonchev–Trinajstić information content (AvgIpc) is 2.63. The van der Waals surface area contributed by atoms with Gasteiger partial charge in [-0.25, -0.2) is 4.79 Å². The molecule has 0 saturated carbocycles. The largest absolute Gasteiger partial charge is 0.458 e. The molecule has 3 atom stereocenters. The molecule has 0 fully saturated rings. The van der Waals surface area contributed by atoms with Gasteiger partial charge < -0.3 is 26.4 Å². The predicted molar refractivity (Wildman–Crippen MR) is 123 cm³/mol. The quantitative estimate of drug-likeness (QED) is 0.169. The van der Waals surface area contributed by atoms with Crippen molar-refractivity contribution in [1.29, 1.82) is 0 Å². The van der Waals surface area contributed by atoms with Crippen molar-refractivity contribution in [3.05, 3.63) is 0 Å². The zero-order valence-corrected chi connectivity index (χ0v) is 21.1. The number of rotatable bonds is 13. The predicted octanol–water partition coefficient (Wildman–Crippen LogP) is 1.37. The fourth-order valence-corrected chi connectivity index (χ4v) is 2.94. The van der Waals surface area contributed by atoms with Gasteiger partial charge in [-0.1, -0.05) is 29.8 Å². The number of nitrogens with one attached hydrogen (secondary N) is 3. The molecule has 0 aromatic rings. The molecule has 0 radical (unpaired) electrons. The minimum Gasteiger partial charge on any atom is -0.458 e. The molecule has 180 valence electrons. The first-order chi connectivity index (χ1) is 14.3. The summed E-state index contributed by atoms with van der Waals surface area (Å²) in [6.07, 6.45) is 1.82. The van der Waals surface area contributed by atoms with E-state index in [0.29, 0.717) is 19.4 Å². The molecule has 5 N–H and O–H groups in total. The fraction of sp³-hybridized carbons (Fsp3) is 0.810. The third kappa shape index (κ3) is 13.4. The van der Waals surface area contributed by atoms with Gasteiger partial charge in [-0.3, -0.25) is 14.4 Å². The number of amides is 3. The molecule has 0 bridgehead atoms. The van der Waals surface area contributed by atoms with Crippen molar-refractivity contribution in [2.24, 2.45) is 11.7 Å². The van der Waals surface area contributed by atoms with E-state index in [0.717, 1.165) is 6.42 Å². The van der Waals surface area contributed by atoms with Crippen LogP contribution in [0.2, 0.25) is 0 Å². The summed E-state index contributed by atoms with van der Waals surface area (Å²) in [5.74, 6) is -1.65. The summed E-state index contributed by atoms with van der Waals surface area (Å²) in [5.41, 5.74) is 4.85. The second kappa shape index (κ2) is 14.4. The lowest BCUT2D eigenvalue weighted by Gasteiger charge is -2.26. The van der Waals surface area contributed by atoms with Gasteiger partial charge in [0.25, 0.3) is 0 Å². The summed E-state index contributed by atoms with van der Waals surface area (Å²) < 4.78 is 5.41. The van der Waals surface area contributed by atoms with Crippen LogP contribution in [0.5, 0.6) is 0 Å². The first-order valence-electron chi connectivity index (χ1n) is 10.7. The summed E-state index contributed by atoms with van der Waals surface area (Å²) in [5, 5.41) is 8.21. The van der Waals surface area contributed by atoms with Crippen LogP contribution >= 0.6 is 15.9 Å². The number of halogens is 1. The zero-order chi connectivity index (χ0) is 24.2. The van der Waals surface area contributed by atoms with E-state index in [2.05, 4.69) is 31.9 Å². The van der Waals surface area contributed by atoms with Crippen LogP contribution in [-0.2, 0) is 23.9 Å². The summed E-state index contributed by atoms with van der Waals surface area (Å²) in [4.78, 5) is 49.1. The van der Waals surface area contributed by atoms with Gasteiger partial charge >= 0.3 is 5.97 Å². The normalized spacial score (nSPS) is 14.4. The van der Waals surface area contributed by atoms with E-state index in [4.69, 9.17) is 10.5 Å². The van der Waals surface area contributed by atoms with Crippen LogP contribution in [0.25, 0.3) is 0 Å². The van der Waals surface area contributed by atoms with Crippen molar-refractivity contribution < 1.29 is 23.9 Å². The van der Waals surface area contributed by atoms with Crippen LogP contribution in [0.1, 0.15) is 67.2 Å². The Kier molecular flexibility index (Phi) is 13.6. The van der Waals surface area contributed by atoms with Crippen LogP contribution in [0.15, 0.2) is 0 Å². The van der Waals surface area contributed by atoms with Gasteiger partial charge in [-0.05, 0) is 59.4 Å². The summed E-state index contributed by atoms with van der Waals surface area (Å²) in [6.45, 7) is 11.1. The third-order valence-corrected chi connectivity index (χ3v) is 4.75. The topological polar surface area (TPSA) is 140 Å². The first-order valence-corrected chi connectivity index (χ1v) is 11.8. The molecule has 31 heavy (non-hydrogen) atoms. The molecule has 0 aromatic carbocycles. The number of hydrogen-bond acceptors (Lipinski definition) is 6. The molecule has 0 aliphatic carbocycles. The highest BCUT2D eigenvalue weighted by atomic mass is 79.9. The molecule has 0 heterocycles. The van der Waals surface area contributed by atoms with Gasteiger partial charge in [0.05, 0.1) is 5.33 Å². The standard InChI is InChI=1S/C21H39BrN4O5/c1-13(2)18(26-17(28)12-22)19(29)24-14(3)11-16(27)25-15(9-7-8-10-23)20(30)31-21(4,5)6/h13-15,18H,7-12,23H2,1-6H3,(H,24,29)(H,25,27)(H,26,28)/t14-,15-,18-/m0/s1. The lowest BCUT2D eigenvalue weighted by molar-refractivity contribution is -0.159. The van der Waals surface area contributed by atoms with Crippen molar-refractivity contribution in [1.82, 2.24) is 16.0 Å². The molecule has 0 aromatic heterocycles. The van der Waals surface area contributed by atoms with E-state index >= 15 is 0 Å². The first kappa shape index (κ1) is 29.3. The minimum absolute atomic E-state index is 0.0147. The molecule has 0 aliphatic rings. The number of nitrogens with two attached hydrogens (primary N) is 1. The Morgan fingerprint density at radius 1 is 0.968 bits per heavy atom. The van der Waals surface area contributed by atoms with E-state index in [9.17, 15) is 19.2 Å². The highest BCUT2D eigenvalue weighted by molar-refractivity contribution is 9.09. The maximum absolute atomic E-state index is 12.5. The average molecular weight is 507 g/mol. The Labute approximate surface area is 194 Å². The lowest BCUT2D eigenvalue weighted by atomic mass is 10.0. The Balaban J connectivity index is 4.92. The van der Waals surface area contributed by atoms with E-state index in [1.54, 1.807) is 27.7 Å². The highest BCUT2D eigenvalue weighted by Crippen LogP contribution is 2.12. The minimum atomic E-state index is -0.775. The lowest BCUT2D eigenvalue weighted by Crippen LogP contribution is -2.53. The van der Waals surface area contributed by atoms with Crippen molar-refractivity contribution in [2.45, 2.75) is 91.0 Å². The van der Waals surface area contributed by atoms with Crippen LogP contribution in [0.4, 0.5) is 0 Å². The summed E-state index contributed by atoms with van der Waals surface area (Å²) in [6, 6.07) is -1.97. The van der Waals surface area contributed by atoms with Crippen molar-refractivity contribution >= 4 is 39.6 Å². The van der Waals surface area contributed by atoms with Gasteiger partial charge in [0.1, 0.15) is 17.7 Å². The Morgan fingerprint density at radius 3 is 2.06 bits per heavy atom. The number of carbonyl (C=O) groups is 4. The van der Waals surface area contributed by atoms with E-state index in [1.807, 2.05) is 13.8 Å². The van der Waals surface area contributed by atoms with E-state index in [-0.39, 0.29) is 35.4 Å². The number of ether oxygens (including phenoxy) is 1. The number of hydrogen-bond donors (Lipinski definition) is 4. The maximum Gasteiger partial charge on any atom is 0.329 e. The van der Waals surface area contributed by atoms with E-state index in [1.165, 1.54) is 0 Å². The monoisotopic (exact) mass is 506 g/mol. The van der Waals surface area contributed by atoms with Crippen molar-refractivity contribution in [3.63, 3.8) is 0 Å². The smallest absolute Gasteiger partial charge is 0.329 e. The van der Waals surface area contributed by atoms with E-state index < -0.39 is 29.7 Å². The second-order valence-electron chi connectivity index (χ2n) is 8.97. The Bertz CT molecular complexity index is 607. The Morgan fingerprint density at radius 2 is 1.58 bits per heavy atom. The number of esters is 1. The molecule has 0 unspecified atom stereocenters. The molecular formula is C21H39BrN4O5. The molecule has 9 nitrogen and oxygen atoms in total. The molecular weight excluding hydrogens is 468 g/mol. The molecule has 0 saturated heterocycles. The SMILES string of the molecule is CC(C)[C@H](NC(=O)CBr)C(=O)N[C@@H](C)CC(=O)N[C@@H](CCCCN)C(=O)OC(C)(C)C. The maximum atomic E-state index is 12.5. The Hall–Kier alpha value is -1.68. The fourth-order valence-electron chi connectivity index (χ4n) is 2.78. The summed E-state index contributed by atoms with van der Waals surface area (Å²) >= 11 is 3.06. The van der Waals surface area contributed by atoms with Crippen LogP contribution in [-0.4, -0.2) is 59.3 Å². The van der Waals surface area contributed by atoms with Crippen molar-refractivity contribution in [2.75, 3.05) is 11.9 Å². The van der Waals surface area contributed by atoms with Crippen LogP contribution in [0.3, 0.4) is 0 Å². The van der Waals surface area contributed by atoms with Gasteiger partial charge in [0, 0.05) is 12.5 Å². The second-order valence-corrected chi connectivity index (χ2v) is 9.54. The molecule has 0 spiro atoms. The van der Waals surface area contributed by atoms with Crippen LogP contribution < -0.4 is 21.7 Å². The van der Waals surface area contributed by atoms with Gasteiger partial charge in [-0.15, -0.1) is 0 Å². The zero-order valence-electron chi connectivity index (χ0n) is 19.5. The van der Waals surface area contributed by atoms with Gasteiger partial charge in [0.15, 0.2) is 0 Å². The third-order valence-electron chi connectivity index (χ3n) is 4.24. The summed E-state index contributed by atoms with van der Waals surface area (Å²) in [7, 11) is 0. The van der Waals surface area contributed by atoms with Crippen molar-refractivity contribution in [3.8, 4) is 0 Å². The molecule has 0 aliphatic heterocycles. The number of carbonyl (C=O) groups excluding carboxylic acids is 4. The number of unbranched alkanes of at least 4 members (excludes halogenated alkanes) is 1. The molecule has 3 amide bonds. The number of alkyl halides is 1. The molecule has 10 heteroatoms. The van der Waals surface area contributed by atoms with Gasteiger partial charge in [0.2, 0.25) is 17.7 Å². The highest BCUT2D eigenvalue weighted by Gasteiger charge is 2.28.